The van der Waals surface area contributed by atoms with E-state index in [2.05, 4.69) is 0 Å². The Morgan fingerprint density at radius 3 is 1.58 bits per heavy atom. The first-order valence-electron chi connectivity index (χ1n) is 11.0. The first-order chi connectivity index (χ1) is 16.0. The number of rotatable bonds is 8. The van der Waals surface area contributed by atoms with Crippen LogP contribution < -0.4 is 25.4 Å². The zero-order valence-electron chi connectivity index (χ0n) is 19.3. The van der Waals surface area contributed by atoms with Gasteiger partial charge in [-0.2, -0.15) is 0 Å². The standard InChI is InChI=1S/C28H30NO3P/c1-22-13-7-10-18-26(22)32-33(30-21-29,27-19-11-8-14-23(27)2,28-20-12-9-15-24(28)3)31-25-16-5-4-6-17-25/h4-20H,21,29H2,1-3H3. The Morgan fingerprint density at radius 1 is 0.576 bits per heavy atom. The van der Waals surface area contributed by atoms with E-state index in [1.807, 2.05) is 124 Å². The van der Waals surface area contributed by atoms with Crippen LogP contribution in [0.2, 0.25) is 0 Å². The van der Waals surface area contributed by atoms with Crippen molar-refractivity contribution in [2.75, 3.05) is 6.73 Å². The fourth-order valence-electron chi connectivity index (χ4n) is 4.17. The maximum atomic E-state index is 7.10. The molecule has 0 bridgehead atoms. The topological polar surface area (TPSA) is 53.7 Å². The molecule has 0 aromatic heterocycles. The number of para-hydroxylation sites is 2. The summed E-state index contributed by atoms with van der Waals surface area (Å²) < 4.78 is 20.8. The third kappa shape index (κ3) is 4.14. The first-order valence-corrected chi connectivity index (χ1v) is 13.0. The normalized spacial score (nSPS) is 12.5. The van der Waals surface area contributed by atoms with Crippen molar-refractivity contribution in [1.82, 2.24) is 0 Å². The van der Waals surface area contributed by atoms with Gasteiger partial charge in [-0.15, -0.1) is 0 Å². The molecule has 0 fully saturated rings. The zero-order valence-corrected chi connectivity index (χ0v) is 20.2. The SMILES string of the molecule is Cc1ccccc1OP(OCN)(Oc1ccccc1)(c1ccccc1C)c1ccccc1C. The Bertz CT molecular complexity index is 1200. The average Bonchev–Trinajstić information content (AvgIpc) is 2.82. The van der Waals surface area contributed by atoms with Crippen molar-refractivity contribution in [1.29, 1.82) is 0 Å². The monoisotopic (exact) mass is 459 g/mol. The minimum absolute atomic E-state index is 0.0841. The molecule has 0 aliphatic heterocycles. The Labute approximate surface area is 196 Å². The molecular formula is C28H30NO3P. The third-order valence-electron chi connectivity index (χ3n) is 5.74. The van der Waals surface area contributed by atoms with E-state index in [1.165, 1.54) is 0 Å². The molecule has 0 atom stereocenters. The van der Waals surface area contributed by atoms with E-state index in [-0.39, 0.29) is 6.73 Å². The van der Waals surface area contributed by atoms with Crippen molar-refractivity contribution in [2.24, 2.45) is 5.73 Å². The van der Waals surface area contributed by atoms with Gasteiger partial charge < -0.3 is 0 Å². The van der Waals surface area contributed by atoms with Crippen molar-refractivity contribution in [2.45, 2.75) is 20.8 Å². The summed E-state index contributed by atoms with van der Waals surface area (Å²) in [6.07, 6.45) is 0. The fourth-order valence-corrected chi connectivity index (χ4v) is 8.64. The summed E-state index contributed by atoms with van der Waals surface area (Å²) in [7, 11) is -4.35. The molecule has 0 spiro atoms. The van der Waals surface area contributed by atoms with Gasteiger partial charge in [-0.1, -0.05) is 0 Å². The van der Waals surface area contributed by atoms with E-state index in [4.69, 9.17) is 19.3 Å². The van der Waals surface area contributed by atoms with Crippen LogP contribution in [-0.2, 0) is 4.52 Å². The summed E-state index contributed by atoms with van der Waals surface area (Å²) >= 11 is 0. The second-order valence-corrected chi connectivity index (χ2v) is 11.4. The van der Waals surface area contributed by atoms with E-state index < -0.39 is 7.28 Å². The van der Waals surface area contributed by atoms with Gasteiger partial charge in [0.1, 0.15) is 0 Å². The van der Waals surface area contributed by atoms with Gasteiger partial charge in [0.25, 0.3) is 0 Å². The van der Waals surface area contributed by atoms with Crippen LogP contribution in [0.5, 0.6) is 11.5 Å². The van der Waals surface area contributed by atoms with E-state index in [1.54, 1.807) is 0 Å². The predicted octanol–water partition coefficient (Wildman–Crippen LogP) is 5.95. The molecule has 170 valence electrons. The molecule has 33 heavy (non-hydrogen) atoms. The Kier molecular flexibility index (Phi) is 6.53. The molecule has 0 saturated carbocycles. The van der Waals surface area contributed by atoms with Gasteiger partial charge in [-0.25, -0.2) is 0 Å². The van der Waals surface area contributed by atoms with Crippen LogP contribution in [0.15, 0.2) is 103 Å². The summed E-state index contributed by atoms with van der Waals surface area (Å²) in [5.41, 5.74) is 9.14. The average molecular weight is 460 g/mol. The second-order valence-electron chi connectivity index (χ2n) is 8.01. The molecule has 0 radical (unpaired) electrons. The fraction of sp³-hybridized carbons (Fsp3) is 0.143. The summed E-state index contributed by atoms with van der Waals surface area (Å²) in [6, 6.07) is 33.7. The molecule has 4 aromatic rings. The Balaban J connectivity index is 2.16. The van der Waals surface area contributed by atoms with Gasteiger partial charge in [-0.05, 0) is 0 Å². The summed E-state index contributed by atoms with van der Waals surface area (Å²) in [5, 5.41) is 1.69. The van der Waals surface area contributed by atoms with Gasteiger partial charge in [0.05, 0.1) is 0 Å². The minimum atomic E-state index is -4.35. The van der Waals surface area contributed by atoms with Crippen molar-refractivity contribution >= 4 is 17.9 Å². The van der Waals surface area contributed by atoms with Gasteiger partial charge in [-0.3, -0.25) is 0 Å². The predicted molar refractivity (Wildman–Crippen MR) is 138 cm³/mol. The van der Waals surface area contributed by atoms with E-state index in [9.17, 15) is 0 Å². The molecule has 2 N–H and O–H groups in total. The molecule has 0 aliphatic carbocycles. The van der Waals surface area contributed by atoms with E-state index in [0.29, 0.717) is 11.5 Å². The van der Waals surface area contributed by atoms with E-state index >= 15 is 0 Å². The third-order valence-corrected chi connectivity index (χ3v) is 10.1. The number of nitrogens with two attached hydrogens (primary N) is 1. The van der Waals surface area contributed by atoms with Crippen molar-refractivity contribution < 1.29 is 13.6 Å². The number of aryl methyl sites for hydroxylation is 3. The summed E-state index contributed by atoms with van der Waals surface area (Å²) in [6.45, 7) is 6.02. The van der Waals surface area contributed by atoms with Gasteiger partial charge in [0.2, 0.25) is 0 Å². The van der Waals surface area contributed by atoms with Crippen molar-refractivity contribution in [3.05, 3.63) is 120 Å². The molecule has 0 saturated heterocycles. The van der Waals surface area contributed by atoms with Crippen LogP contribution in [-0.4, -0.2) is 6.73 Å². The molecular weight excluding hydrogens is 429 g/mol. The molecule has 4 nitrogen and oxygen atoms in total. The van der Waals surface area contributed by atoms with Gasteiger partial charge in [0, 0.05) is 0 Å². The second kappa shape index (κ2) is 9.36. The Hall–Kier alpha value is -3.17. The first kappa shape index (κ1) is 23.0. The van der Waals surface area contributed by atoms with Crippen molar-refractivity contribution in [3.8, 4) is 11.5 Å². The molecule has 0 amide bonds. The van der Waals surface area contributed by atoms with Crippen LogP contribution in [0.25, 0.3) is 0 Å². The van der Waals surface area contributed by atoms with Crippen molar-refractivity contribution in [3.63, 3.8) is 0 Å². The molecule has 0 unspecified atom stereocenters. The maximum absolute atomic E-state index is 7.10. The molecule has 0 aliphatic rings. The molecule has 0 heterocycles. The molecule has 4 aromatic carbocycles. The van der Waals surface area contributed by atoms with E-state index in [0.717, 1.165) is 27.3 Å². The quantitative estimate of drug-likeness (QED) is 0.261. The zero-order chi connectivity index (χ0) is 23.3. The molecule has 5 heteroatoms. The van der Waals surface area contributed by atoms with Crippen LogP contribution in [0.1, 0.15) is 16.7 Å². The Morgan fingerprint density at radius 2 is 1.06 bits per heavy atom. The van der Waals surface area contributed by atoms with Gasteiger partial charge in [0.15, 0.2) is 0 Å². The summed E-state index contributed by atoms with van der Waals surface area (Å²) in [5.74, 6) is 1.33. The van der Waals surface area contributed by atoms with Crippen LogP contribution in [0.3, 0.4) is 0 Å². The number of hydrogen-bond donors (Lipinski definition) is 1. The van der Waals surface area contributed by atoms with Crippen LogP contribution in [0, 0.1) is 20.8 Å². The molecule has 4 rings (SSSR count). The van der Waals surface area contributed by atoms with Crippen LogP contribution >= 0.6 is 7.28 Å². The van der Waals surface area contributed by atoms with Crippen LogP contribution in [0.4, 0.5) is 0 Å². The number of hydrogen-bond acceptors (Lipinski definition) is 4. The number of benzene rings is 4. The van der Waals surface area contributed by atoms with Gasteiger partial charge >= 0.3 is 196 Å². The summed E-state index contributed by atoms with van der Waals surface area (Å²) in [4.78, 5) is 0.